The number of carbonyl (C=O) groups is 5. The highest BCUT2D eigenvalue weighted by molar-refractivity contribution is 8.00. The maximum Gasteiger partial charge on any atom is 0.341 e. The van der Waals surface area contributed by atoms with E-state index in [9.17, 15) is 24.0 Å². The van der Waals surface area contributed by atoms with Crippen LogP contribution in [0.25, 0.3) is 6.08 Å². The van der Waals surface area contributed by atoms with E-state index < -0.39 is 34.8 Å². The van der Waals surface area contributed by atoms with Crippen molar-refractivity contribution in [1.82, 2.24) is 5.32 Å². The van der Waals surface area contributed by atoms with Crippen LogP contribution >= 0.6 is 46.3 Å². The van der Waals surface area contributed by atoms with Crippen LogP contribution in [-0.2, 0) is 14.3 Å². The summed E-state index contributed by atoms with van der Waals surface area (Å²) in [5, 5.41) is 11.4. The quantitative estimate of drug-likeness (QED) is 0.0528. The molecule has 276 valence electrons. The SMILES string of the molecule is CCC(Sc1cccc(NC(=O)/C(=C\c2ccc(Cl)cc2Cl)NC(=O)c2ccccc2)c1)C(=O)Nc1sc(C(=O)Nc2ccccc2)c(C)c1C(=O)OC. The van der Waals surface area contributed by atoms with Crippen molar-refractivity contribution in [2.45, 2.75) is 30.4 Å². The maximum absolute atomic E-state index is 13.7. The molecule has 1 aromatic heterocycles. The largest absolute Gasteiger partial charge is 0.465 e. The van der Waals surface area contributed by atoms with Gasteiger partial charge in [0, 0.05) is 31.9 Å². The number of carbonyl (C=O) groups excluding carboxylic acids is 5. The van der Waals surface area contributed by atoms with Crippen molar-refractivity contribution in [2.75, 3.05) is 23.1 Å². The Morgan fingerprint density at radius 1 is 0.815 bits per heavy atom. The first-order valence-electron chi connectivity index (χ1n) is 16.5. The normalized spacial score (nSPS) is 11.6. The van der Waals surface area contributed by atoms with Gasteiger partial charge in [0.1, 0.15) is 10.7 Å². The van der Waals surface area contributed by atoms with Gasteiger partial charge in [-0.2, -0.15) is 0 Å². The maximum atomic E-state index is 13.7. The van der Waals surface area contributed by atoms with Gasteiger partial charge in [0.05, 0.1) is 22.8 Å². The minimum absolute atomic E-state index is 0.0681. The predicted molar refractivity (Wildman–Crippen MR) is 217 cm³/mol. The molecule has 1 atom stereocenters. The Hall–Kier alpha value is -5.40. The molecule has 4 amide bonds. The number of anilines is 3. The van der Waals surface area contributed by atoms with Crippen molar-refractivity contribution in [1.29, 1.82) is 0 Å². The summed E-state index contributed by atoms with van der Waals surface area (Å²) < 4.78 is 4.99. The fourth-order valence-corrected chi connectivity index (χ4v) is 7.69. The molecule has 0 spiro atoms. The molecule has 5 rings (SSSR count). The van der Waals surface area contributed by atoms with Crippen LogP contribution in [0.1, 0.15) is 54.9 Å². The van der Waals surface area contributed by atoms with Crippen LogP contribution in [0.15, 0.2) is 114 Å². The molecule has 5 aromatic rings. The number of esters is 1. The monoisotopic (exact) mass is 800 g/mol. The summed E-state index contributed by atoms with van der Waals surface area (Å²) in [6.45, 7) is 3.47. The number of thioether (sulfide) groups is 1. The second kappa shape index (κ2) is 18.6. The molecular formula is C40H34Cl2N4O6S2. The van der Waals surface area contributed by atoms with Crippen molar-refractivity contribution < 1.29 is 28.7 Å². The van der Waals surface area contributed by atoms with Crippen LogP contribution in [0.3, 0.4) is 0 Å². The highest BCUT2D eigenvalue weighted by Gasteiger charge is 2.28. The lowest BCUT2D eigenvalue weighted by molar-refractivity contribution is -0.116. The smallest absolute Gasteiger partial charge is 0.341 e. The summed E-state index contributed by atoms with van der Waals surface area (Å²) >= 11 is 14.7. The number of rotatable bonds is 13. The highest BCUT2D eigenvalue weighted by Crippen LogP contribution is 2.36. The molecule has 0 aliphatic heterocycles. The van der Waals surface area contributed by atoms with Gasteiger partial charge in [-0.1, -0.05) is 78.7 Å². The summed E-state index contributed by atoms with van der Waals surface area (Å²) in [5.74, 6) is -2.62. The number of ether oxygens (including phenoxy) is 1. The van der Waals surface area contributed by atoms with E-state index in [0.717, 1.165) is 11.3 Å². The van der Waals surface area contributed by atoms with Crippen molar-refractivity contribution in [3.63, 3.8) is 0 Å². The molecule has 10 nitrogen and oxygen atoms in total. The number of benzene rings is 4. The Balaban J connectivity index is 1.33. The summed E-state index contributed by atoms with van der Waals surface area (Å²) in [7, 11) is 1.23. The van der Waals surface area contributed by atoms with Crippen LogP contribution in [-0.4, -0.2) is 42.0 Å². The van der Waals surface area contributed by atoms with E-state index in [1.807, 2.05) is 13.0 Å². The Kier molecular flexibility index (Phi) is 13.7. The lowest BCUT2D eigenvalue weighted by atomic mass is 10.1. The molecule has 0 fully saturated rings. The van der Waals surface area contributed by atoms with Crippen LogP contribution in [0.5, 0.6) is 0 Å². The zero-order chi connectivity index (χ0) is 38.8. The molecule has 0 radical (unpaired) electrons. The molecule has 0 aliphatic carbocycles. The number of hydrogen-bond acceptors (Lipinski definition) is 8. The highest BCUT2D eigenvalue weighted by atomic mass is 35.5. The third-order valence-corrected chi connectivity index (χ3v) is 11.0. The number of hydrogen-bond donors (Lipinski definition) is 4. The van der Waals surface area contributed by atoms with Crippen molar-refractivity contribution >= 4 is 98.4 Å². The molecule has 14 heteroatoms. The van der Waals surface area contributed by atoms with Crippen molar-refractivity contribution in [3.05, 3.63) is 146 Å². The molecule has 4 aromatic carbocycles. The number of methoxy groups -OCH3 is 1. The standard InChI is InChI=1S/C40H34Cl2N4O6S2/c1-4-32(37(49)46-39-33(40(51)52-3)23(2)34(54-39)38(50)43-27-14-9-6-10-15-27)53-29-17-11-16-28(22-29)44-36(48)31(20-25-18-19-26(41)21-30(25)42)45-35(47)24-12-7-5-8-13-24/h5-22,32H,4H2,1-3H3,(H,43,50)(H,44,48)(H,45,47)(H,46,49)/b31-20+. The van der Waals surface area contributed by atoms with E-state index in [2.05, 4.69) is 21.3 Å². The average Bonchev–Trinajstić information content (AvgIpc) is 3.49. The third-order valence-electron chi connectivity index (χ3n) is 7.84. The van der Waals surface area contributed by atoms with Crippen molar-refractivity contribution in [2.24, 2.45) is 0 Å². The average molecular weight is 802 g/mol. The van der Waals surface area contributed by atoms with Gasteiger partial charge >= 0.3 is 5.97 Å². The summed E-state index contributed by atoms with van der Waals surface area (Å²) in [5.41, 5.74) is 2.20. The molecule has 1 unspecified atom stereocenters. The van der Waals surface area contributed by atoms with Gasteiger partial charge in [0.15, 0.2) is 0 Å². The van der Waals surface area contributed by atoms with E-state index in [-0.39, 0.29) is 26.2 Å². The summed E-state index contributed by atoms with van der Waals surface area (Å²) in [4.78, 5) is 67.3. The molecule has 54 heavy (non-hydrogen) atoms. The van der Waals surface area contributed by atoms with E-state index >= 15 is 0 Å². The summed E-state index contributed by atoms with van der Waals surface area (Å²) in [6.07, 6.45) is 1.86. The predicted octanol–water partition coefficient (Wildman–Crippen LogP) is 9.32. The zero-order valence-corrected chi connectivity index (χ0v) is 32.3. The molecule has 4 N–H and O–H groups in total. The van der Waals surface area contributed by atoms with Gasteiger partial charge in [0.25, 0.3) is 17.7 Å². The topological polar surface area (TPSA) is 143 Å². The Labute approximate surface area is 330 Å². The van der Waals surface area contributed by atoms with E-state index in [1.165, 1.54) is 31.0 Å². The minimum Gasteiger partial charge on any atom is -0.465 e. The molecule has 0 bridgehead atoms. The lowest BCUT2D eigenvalue weighted by Gasteiger charge is -2.16. The van der Waals surface area contributed by atoms with E-state index in [0.29, 0.717) is 44.4 Å². The van der Waals surface area contributed by atoms with Crippen LogP contribution in [0, 0.1) is 6.92 Å². The lowest BCUT2D eigenvalue weighted by Crippen LogP contribution is -2.30. The van der Waals surface area contributed by atoms with Gasteiger partial charge in [-0.3, -0.25) is 19.2 Å². The van der Waals surface area contributed by atoms with Crippen molar-refractivity contribution in [3.8, 4) is 0 Å². The van der Waals surface area contributed by atoms with Crippen LogP contribution in [0.4, 0.5) is 16.4 Å². The minimum atomic E-state index is -0.686. The second-order valence-corrected chi connectivity index (χ2v) is 14.7. The van der Waals surface area contributed by atoms with E-state index in [4.69, 9.17) is 27.9 Å². The van der Waals surface area contributed by atoms with Gasteiger partial charge in [-0.25, -0.2) is 4.79 Å². The zero-order valence-electron chi connectivity index (χ0n) is 29.2. The fraction of sp³-hybridized carbons (Fsp3) is 0.125. The number of halogens is 2. The number of nitrogens with one attached hydrogen (secondary N) is 4. The number of amides is 4. The fourth-order valence-electron chi connectivity index (χ4n) is 5.12. The van der Waals surface area contributed by atoms with Gasteiger partial charge < -0.3 is 26.0 Å². The molecule has 1 heterocycles. The second-order valence-electron chi connectivity index (χ2n) is 11.6. The van der Waals surface area contributed by atoms with Crippen LogP contribution < -0.4 is 21.3 Å². The van der Waals surface area contributed by atoms with Gasteiger partial charge in [-0.15, -0.1) is 23.1 Å². The van der Waals surface area contributed by atoms with Crippen LogP contribution in [0.2, 0.25) is 10.0 Å². The van der Waals surface area contributed by atoms with E-state index in [1.54, 1.807) is 97.9 Å². The third kappa shape index (κ3) is 10.2. The number of para-hydroxylation sites is 1. The molecule has 0 saturated heterocycles. The number of thiophene rings is 1. The molecule has 0 aliphatic rings. The molecular weight excluding hydrogens is 768 g/mol. The Morgan fingerprint density at radius 2 is 1.50 bits per heavy atom. The first-order chi connectivity index (χ1) is 26.0. The first-order valence-corrected chi connectivity index (χ1v) is 18.9. The first kappa shape index (κ1) is 39.8. The Morgan fingerprint density at radius 3 is 2.17 bits per heavy atom. The summed E-state index contributed by atoms with van der Waals surface area (Å²) in [6, 6.07) is 29.0. The van der Waals surface area contributed by atoms with Gasteiger partial charge in [0.2, 0.25) is 5.91 Å². The Bertz CT molecular complexity index is 2230. The molecule has 0 saturated carbocycles. The van der Waals surface area contributed by atoms with Gasteiger partial charge in [-0.05, 0) is 85.1 Å².